The maximum absolute atomic E-state index is 13.2. The normalized spacial score (nSPS) is 21.1. The van der Waals surface area contributed by atoms with Gasteiger partial charge in [0, 0.05) is 42.4 Å². The standard InChI is InChI=1S/C23H26N4O3S/c1-14-5-7-17(8-6-14)27-12-16(11-20(27)28)22(30)26-10-9-18-19(13-26)31-23(24-18)25-21(29)15-3-2-4-15/h5-8,15-16H,2-4,9-13H2,1H3,(H,24,25,29). The zero-order valence-electron chi connectivity index (χ0n) is 17.6. The molecule has 8 heteroatoms. The molecule has 3 amide bonds. The van der Waals surface area contributed by atoms with E-state index < -0.39 is 0 Å². The number of benzene rings is 1. The highest BCUT2D eigenvalue weighted by Crippen LogP contribution is 2.33. The molecule has 1 aromatic heterocycles. The van der Waals surface area contributed by atoms with Crippen LogP contribution in [0.4, 0.5) is 10.8 Å². The van der Waals surface area contributed by atoms with Crippen LogP contribution < -0.4 is 10.2 Å². The summed E-state index contributed by atoms with van der Waals surface area (Å²) in [6.45, 7) is 3.53. The second-order valence-electron chi connectivity index (χ2n) is 8.76. The smallest absolute Gasteiger partial charge is 0.229 e. The van der Waals surface area contributed by atoms with Gasteiger partial charge < -0.3 is 15.1 Å². The Hall–Kier alpha value is -2.74. The number of carbonyl (C=O) groups is 3. The summed E-state index contributed by atoms with van der Waals surface area (Å²) in [4.78, 5) is 47.1. The van der Waals surface area contributed by atoms with E-state index in [-0.39, 0.29) is 36.0 Å². The van der Waals surface area contributed by atoms with Crippen LogP contribution >= 0.6 is 11.3 Å². The van der Waals surface area contributed by atoms with Crippen LogP contribution in [-0.2, 0) is 27.3 Å². The van der Waals surface area contributed by atoms with Crippen molar-refractivity contribution in [2.45, 2.75) is 45.6 Å². The monoisotopic (exact) mass is 438 g/mol. The molecule has 1 aromatic carbocycles. The molecule has 1 saturated carbocycles. The lowest BCUT2D eigenvalue weighted by molar-refractivity contribution is -0.136. The van der Waals surface area contributed by atoms with Gasteiger partial charge in [0.1, 0.15) is 0 Å². The van der Waals surface area contributed by atoms with Crippen LogP contribution in [0.1, 0.15) is 41.8 Å². The highest BCUT2D eigenvalue weighted by atomic mass is 32.1. The van der Waals surface area contributed by atoms with Crippen molar-refractivity contribution < 1.29 is 14.4 Å². The second kappa shape index (κ2) is 8.07. The molecule has 2 aliphatic heterocycles. The molecule has 0 spiro atoms. The van der Waals surface area contributed by atoms with Crippen molar-refractivity contribution in [1.82, 2.24) is 9.88 Å². The quantitative estimate of drug-likeness (QED) is 0.795. The summed E-state index contributed by atoms with van der Waals surface area (Å²) < 4.78 is 0. The molecule has 31 heavy (non-hydrogen) atoms. The Kier molecular flexibility index (Phi) is 5.25. The van der Waals surface area contributed by atoms with Crippen molar-refractivity contribution in [2.24, 2.45) is 11.8 Å². The van der Waals surface area contributed by atoms with E-state index in [1.165, 1.54) is 11.3 Å². The minimum atomic E-state index is -0.318. The van der Waals surface area contributed by atoms with Crippen LogP contribution in [0.2, 0.25) is 0 Å². The average Bonchev–Trinajstić information content (AvgIpc) is 3.28. The van der Waals surface area contributed by atoms with Crippen LogP contribution in [0.5, 0.6) is 0 Å². The van der Waals surface area contributed by atoms with Crippen molar-refractivity contribution in [3.05, 3.63) is 40.4 Å². The van der Waals surface area contributed by atoms with E-state index in [2.05, 4.69) is 10.3 Å². The third-order valence-electron chi connectivity index (χ3n) is 6.57. The lowest BCUT2D eigenvalue weighted by Gasteiger charge is -2.28. The average molecular weight is 439 g/mol. The first-order chi connectivity index (χ1) is 15.0. The number of amides is 3. The van der Waals surface area contributed by atoms with Gasteiger partial charge in [0.25, 0.3) is 0 Å². The number of anilines is 2. The molecule has 162 valence electrons. The third-order valence-corrected chi connectivity index (χ3v) is 7.57. The molecule has 3 aliphatic rings. The summed E-state index contributed by atoms with van der Waals surface area (Å²) in [6.07, 6.45) is 3.97. The van der Waals surface area contributed by atoms with Crippen molar-refractivity contribution in [3.8, 4) is 0 Å². The van der Waals surface area contributed by atoms with Gasteiger partial charge in [-0.25, -0.2) is 4.98 Å². The lowest BCUT2D eigenvalue weighted by atomic mass is 9.85. The Morgan fingerprint density at radius 3 is 2.65 bits per heavy atom. The number of aryl methyl sites for hydroxylation is 1. The summed E-state index contributed by atoms with van der Waals surface area (Å²) >= 11 is 1.46. The molecule has 1 N–H and O–H groups in total. The van der Waals surface area contributed by atoms with Crippen molar-refractivity contribution in [3.63, 3.8) is 0 Å². The van der Waals surface area contributed by atoms with Gasteiger partial charge >= 0.3 is 0 Å². The maximum atomic E-state index is 13.2. The summed E-state index contributed by atoms with van der Waals surface area (Å²) in [5, 5.41) is 3.58. The topological polar surface area (TPSA) is 82.6 Å². The van der Waals surface area contributed by atoms with Crippen LogP contribution in [0.25, 0.3) is 0 Å². The fraction of sp³-hybridized carbons (Fsp3) is 0.478. The summed E-state index contributed by atoms with van der Waals surface area (Å²) in [5.74, 6) is -0.108. The van der Waals surface area contributed by atoms with E-state index >= 15 is 0 Å². The van der Waals surface area contributed by atoms with E-state index in [4.69, 9.17) is 0 Å². The van der Waals surface area contributed by atoms with E-state index in [1.807, 2.05) is 36.1 Å². The zero-order valence-corrected chi connectivity index (χ0v) is 18.4. The van der Waals surface area contributed by atoms with Crippen molar-refractivity contribution in [2.75, 3.05) is 23.3 Å². The molecule has 1 aliphatic carbocycles. The molecule has 0 radical (unpaired) electrons. The van der Waals surface area contributed by atoms with Crippen molar-refractivity contribution in [1.29, 1.82) is 0 Å². The summed E-state index contributed by atoms with van der Waals surface area (Å²) in [7, 11) is 0. The van der Waals surface area contributed by atoms with Gasteiger partial charge in [-0.3, -0.25) is 14.4 Å². The Labute approximate surface area is 185 Å². The number of rotatable bonds is 4. The van der Waals surface area contributed by atoms with Gasteiger partial charge in [0.15, 0.2) is 5.13 Å². The van der Waals surface area contributed by atoms with Gasteiger partial charge in [0.2, 0.25) is 17.7 Å². The number of aromatic nitrogens is 1. The number of nitrogens with zero attached hydrogens (tertiary/aromatic N) is 3. The van der Waals surface area contributed by atoms with E-state index in [0.717, 1.165) is 41.1 Å². The Morgan fingerprint density at radius 2 is 1.94 bits per heavy atom. The van der Waals surface area contributed by atoms with Gasteiger partial charge in [-0.2, -0.15) is 0 Å². The first kappa shape index (κ1) is 20.2. The number of hydrogen-bond donors (Lipinski definition) is 1. The Bertz CT molecular complexity index is 1030. The summed E-state index contributed by atoms with van der Waals surface area (Å²) in [5.41, 5.74) is 2.96. The lowest BCUT2D eigenvalue weighted by Crippen LogP contribution is -2.40. The van der Waals surface area contributed by atoms with Gasteiger partial charge in [-0.15, -0.1) is 0 Å². The predicted molar refractivity (Wildman–Crippen MR) is 119 cm³/mol. The highest BCUT2D eigenvalue weighted by Gasteiger charge is 2.38. The van der Waals surface area contributed by atoms with Crippen LogP contribution in [0.15, 0.2) is 24.3 Å². The Balaban J connectivity index is 1.23. The first-order valence-corrected chi connectivity index (χ1v) is 11.7. The number of hydrogen-bond acceptors (Lipinski definition) is 5. The minimum Gasteiger partial charge on any atom is -0.337 e. The number of carbonyl (C=O) groups excluding carboxylic acids is 3. The molecule has 1 unspecified atom stereocenters. The molecule has 1 atom stereocenters. The first-order valence-electron chi connectivity index (χ1n) is 10.9. The van der Waals surface area contributed by atoms with E-state index in [9.17, 15) is 14.4 Å². The van der Waals surface area contributed by atoms with Gasteiger partial charge in [-0.1, -0.05) is 35.5 Å². The second-order valence-corrected chi connectivity index (χ2v) is 9.84. The van der Waals surface area contributed by atoms with E-state index in [0.29, 0.717) is 31.2 Å². The molecule has 2 aromatic rings. The van der Waals surface area contributed by atoms with Gasteiger partial charge in [-0.05, 0) is 31.9 Å². The van der Waals surface area contributed by atoms with Crippen LogP contribution in [0.3, 0.4) is 0 Å². The van der Waals surface area contributed by atoms with Gasteiger partial charge in [0.05, 0.1) is 18.2 Å². The van der Waals surface area contributed by atoms with Crippen molar-refractivity contribution >= 4 is 39.9 Å². The molecular formula is C23H26N4O3S. The largest absolute Gasteiger partial charge is 0.337 e. The zero-order chi connectivity index (χ0) is 21.5. The predicted octanol–water partition coefficient (Wildman–Crippen LogP) is 3.13. The number of fused-ring (bicyclic) bond motifs is 1. The molecule has 2 fully saturated rings. The maximum Gasteiger partial charge on any atom is 0.229 e. The molecule has 1 saturated heterocycles. The number of nitrogens with one attached hydrogen (secondary N) is 1. The highest BCUT2D eigenvalue weighted by molar-refractivity contribution is 7.15. The SMILES string of the molecule is Cc1ccc(N2CC(C(=O)N3CCc4nc(NC(=O)C5CCC5)sc4C3)CC2=O)cc1. The van der Waals surface area contributed by atoms with Crippen LogP contribution in [0, 0.1) is 18.8 Å². The number of thiazole rings is 1. The van der Waals surface area contributed by atoms with E-state index in [1.54, 1.807) is 4.90 Å². The Morgan fingerprint density at radius 1 is 1.16 bits per heavy atom. The molecular weight excluding hydrogens is 412 g/mol. The third kappa shape index (κ3) is 3.96. The van der Waals surface area contributed by atoms with Crippen LogP contribution in [-0.4, -0.2) is 40.7 Å². The molecule has 0 bridgehead atoms. The molecule has 7 nitrogen and oxygen atoms in total. The fourth-order valence-corrected chi connectivity index (χ4v) is 5.45. The minimum absolute atomic E-state index is 0.00122. The fourth-order valence-electron chi connectivity index (χ4n) is 4.42. The molecule has 3 heterocycles. The summed E-state index contributed by atoms with van der Waals surface area (Å²) in [6, 6.07) is 7.83. The molecule has 5 rings (SSSR count).